The van der Waals surface area contributed by atoms with Gasteiger partial charge in [0.15, 0.2) is 0 Å². The van der Waals surface area contributed by atoms with Gasteiger partial charge < -0.3 is 4.74 Å². The van der Waals surface area contributed by atoms with Gasteiger partial charge in [-0.1, -0.05) is 30.3 Å². The van der Waals surface area contributed by atoms with Crippen LogP contribution in [0, 0.1) is 5.82 Å². The van der Waals surface area contributed by atoms with Crippen molar-refractivity contribution in [2.24, 2.45) is 0 Å². The van der Waals surface area contributed by atoms with E-state index in [9.17, 15) is 12.8 Å². The lowest BCUT2D eigenvalue weighted by Crippen LogP contribution is -2.32. The molecular weight excluding hydrogens is 431 g/mol. The van der Waals surface area contributed by atoms with Crippen molar-refractivity contribution in [3.8, 4) is 11.4 Å². The Kier molecular flexibility index (Phi) is 6.32. The smallest absolute Gasteiger partial charge is 0.211 e. The minimum absolute atomic E-state index is 0.164. The first-order valence-corrected chi connectivity index (χ1v) is 12.2. The summed E-state index contributed by atoms with van der Waals surface area (Å²) in [6, 6.07) is 14.4. The fraction of sp³-hybridized carbons (Fsp3) is 0.348. The molecule has 2 aromatic carbocycles. The lowest BCUT2D eigenvalue weighted by Gasteiger charge is -2.28. The number of hydrogen-bond acceptors (Lipinski definition) is 5. The molecule has 7 nitrogen and oxygen atoms in total. The molecule has 0 spiro atoms. The molecule has 0 saturated heterocycles. The molecule has 0 atom stereocenters. The third-order valence-electron chi connectivity index (χ3n) is 5.82. The van der Waals surface area contributed by atoms with Crippen molar-refractivity contribution in [3.63, 3.8) is 0 Å². The zero-order valence-corrected chi connectivity index (χ0v) is 19.3. The van der Waals surface area contributed by atoms with Crippen LogP contribution in [0.1, 0.15) is 22.5 Å². The molecule has 1 aromatic heterocycles. The van der Waals surface area contributed by atoms with E-state index in [1.807, 2.05) is 35.0 Å². The maximum atomic E-state index is 14.2. The van der Waals surface area contributed by atoms with Gasteiger partial charge in [0.25, 0.3) is 0 Å². The number of rotatable bonds is 7. The highest BCUT2D eigenvalue weighted by molar-refractivity contribution is 7.88. The molecule has 0 amide bonds. The Hall–Kier alpha value is -2.75. The summed E-state index contributed by atoms with van der Waals surface area (Å²) in [6.07, 6.45) is 1.89. The van der Waals surface area contributed by atoms with Gasteiger partial charge in [0.1, 0.15) is 17.3 Å². The first-order valence-electron chi connectivity index (χ1n) is 10.4. The Bertz CT molecular complexity index is 1230. The van der Waals surface area contributed by atoms with Gasteiger partial charge in [-0.2, -0.15) is 9.40 Å². The summed E-state index contributed by atoms with van der Waals surface area (Å²) in [6.45, 7) is 1.94. The summed E-state index contributed by atoms with van der Waals surface area (Å²) in [4.78, 5) is 2.17. The van der Waals surface area contributed by atoms with Gasteiger partial charge >= 0.3 is 0 Å². The zero-order chi connectivity index (χ0) is 22.9. The SMILES string of the molecule is COc1ccccc1-n1nc(CN(C)S(C)(=O)=O)c2c1CCN(Cc1ccccc1F)C2. The van der Waals surface area contributed by atoms with Crippen LogP contribution in [0.2, 0.25) is 0 Å². The van der Waals surface area contributed by atoms with Crippen LogP contribution in [0.25, 0.3) is 5.69 Å². The predicted octanol–water partition coefficient (Wildman–Crippen LogP) is 2.97. The van der Waals surface area contributed by atoms with Crippen molar-refractivity contribution in [1.82, 2.24) is 19.0 Å². The number of hydrogen-bond donors (Lipinski definition) is 0. The van der Waals surface area contributed by atoms with Crippen molar-refractivity contribution in [3.05, 3.63) is 76.9 Å². The maximum absolute atomic E-state index is 14.2. The van der Waals surface area contributed by atoms with Crippen LogP contribution < -0.4 is 4.74 Å². The molecule has 170 valence electrons. The minimum Gasteiger partial charge on any atom is -0.494 e. The molecule has 0 fully saturated rings. The van der Waals surface area contributed by atoms with Gasteiger partial charge in [0, 0.05) is 44.2 Å². The summed E-state index contributed by atoms with van der Waals surface area (Å²) in [5, 5.41) is 4.81. The Labute approximate surface area is 188 Å². The van der Waals surface area contributed by atoms with E-state index in [1.165, 1.54) is 16.6 Å². The number of halogens is 1. The Morgan fingerprint density at radius 3 is 2.59 bits per heavy atom. The summed E-state index contributed by atoms with van der Waals surface area (Å²) in [7, 11) is -0.207. The standard InChI is InChI=1S/C23H27FN4O3S/c1-26(32(3,29)30)16-20-18-15-27(14-17-8-4-5-9-19(17)24)13-12-21(18)28(25-20)22-10-6-7-11-23(22)31-2/h4-11H,12-16H2,1-3H3. The molecule has 2 heterocycles. The van der Waals surface area contributed by atoms with Crippen LogP contribution in [0.3, 0.4) is 0 Å². The van der Waals surface area contributed by atoms with Crippen LogP contribution in [0.4, 0.5) is 4.39 Å². The maximum Gasteiger partial charge on any atom is 0.211 e. The van der Waals surface area contributed by atoms with Crippen molar-refractivity contribution in [2.45, 2.75) is 26.1 Å². The molecule has 4 rings (SSSR count). The number of benzene rings is 2. The molecule has 0 unspecified atom stereocenters. The number of sulfonamides is 1. The van der Waals surface area contributed by atoms with E-state index in [0.717, 1.165) is 23.5 Å². The second-order valence-electron chi connectivity index (χ2n) is 8.03. The third kappa shape index (κ3) is 4.55. The van der Waals surface area contributed by atoms with E-state index in [2.05, 4.69) is 4.90 Å². The molecule has 3 aromatic rings. The Morgan fingerprint density at radius 2 is 1.88 bits per heavy atom. The third-order valence-corrected chi connectivity index (χ3v) is 7.08. The first kappa shape index (κ1) is 22.4. The monoisotopic (exact) mass is 458 g/mol. The topological polar surface area (TPSA) is 67.7 Å². The number of para-hydroxylation sites is 2. The number of methoxy groups -OCH3 is 1. The van der Waals surface area contributed by atoms with E-state index in [1.54, 1.807) is 26.3 Å². The Morgan fingerprint density at radius 1 is 1.16 bits per heavy atom. The molecule has 0 radical (unpaired) electrons. The molecule has 0 aliphatic carbocycles. The van der Waals surface area contributed by atoms with E-state index >= 15 is 0 Å². The zero-order valence-electron chi connectivity index (χ0n) is 18.5. The average Bonchev–Trinajstić information content (AvgIpc) is 3.12. The lowest BCUT2D eigenvalue weighted by molar-refractivity contribution is 0.239. The van der Waals surface area contributed by atoms with Gasteiger partial charge in [-0.15, -0.1) is 0 Å². The normalized spacial score (nSPS) is 14.5. The van der Waals surface area contributed by atoms with E-state index in [0.29, 0.717) is 36.5 Å². The van der Waals surface area contributed by atoms with Crippen LogP contribution >= 0.6 is 0 Å². The number of ether oxygens (including phenoxy) is 1. The summed E-state index contributed by atoms with van der Waals surface area (Å²) >= 11 is 0. The second-order valence-corrected chi connectivity index (χ2v) is 10.1. The highest BCUT2D eigenvalue weighted by Gasteiger charge is 2.28. The summed E-state index contributed by atoms with van der Waals surface area (Å²) in [5.41, 5.74) is 4.15. The van der Waals surface area contributed by atoms with Crippen LogP contribution in [0.5, 0.6) is 5.75 Å². The first-order chi connectivity index (χ1) is 15.3. The minimum atomic E-state index is -3.37. The van der Waals surface area contributed by atoms with Crippen molar-refractivity contribution in [2.75, 3.05) is 27.0 Å². The molecule has 0 bridgehead atoms. The molecule has 1 aliphatic rings. The van der Waals surface area contributed by atoms with Crippen molar-refractivity contribution < 1.29 is 17.5 Å². The van der Waals surface area contributed by atoms with E-state index in [4.69, 9.17) is 9.84 Å². The fourth-order valence-corrected chi connectivity index (χ4v) is 4.36. The molecule has 9 heteroatoms. The number of nitrogens with zero attached hydrogens (tertiary/aromatic N) is 4. The van der Waals surface area contributed by atoms with Gasteiger partial charge in [-0.3, -0.25) is 4.90 Å². The fourth-order valence-electron chi connectivity index (χ4n) is 4.00. The van der Waals surface area contributed by atoms with Gasteiger partial charge in [-0.05, 0) is 18.2 Å². The second kappa shape index (κ2) is 9.01. The number of aromatic nitrogens is 2. The van der Waals surface area contributed by atoms with Crippen LogP contribution in [-0.4, -0.2) is 54.4 Å². The molecule has 0 saturated carbocycles. The highest BCUT2D eigenvalue weighted by Crippen LogP contribution is 2.31. The molecule has 1 aliphatic heterocycles. The van der Waals surface area contributed by atoms with Gasteiger partial charge in [-0.25, -0.2) is 17.5 Å². The Balaban J connectivity index is 1.72. The summed E-state index contributed by atoms with van der Waals surface area (Å²) in [5.74, 6) is 0.467. The average molecular weight is 459 g/mol. The largest absolute Gasteiger partial charge is 0.494 e. The highest BCUT2D eigenvalue weighted by atomic mass is 32.2. The molecular formula is C23H27FN4O3S. The number of fused-ring (bicyclic) bond motifs is 1. The van der Waals surface area contributed by atoms with Crippen LogP contribution in [0.15, 0.2) is 48.5 Å². The van der Waals surface area contributed by atoms with Gasteiger partial charge in [0.2, 0.25) is 10.0 Å². The van der Waals surface area contributed by atoms with E-state index < -0.39 is 10.0 Å². The van der Waals surface area contributed by atoms with Crippen LogP contribution in [-0.2, 0) is 36.1 Å². The van der Waals surface area contributed by atoms with E-state index in [-0.39, 0.29) is 12.4 Å². The molecule has 32 heavy (non-hydrogen) atoms. The lowest BCUT2D eigenvalue weighted by atomic mass is 10.0. The van der Waals surface area contributed by atoms with Crippen molar-refractivity contribution in [1.29, 1.82) is 0 Å². The summed E-state index contributed by atoms with van der Waals surface area (Å²) < 4.78 is 47.0. The quantitative estimate of drug-likeness (QED) is 0.545. The van der Waals surface area contributed by atoms with Crippen molar-refractivity contribution >= 4 is 10.0 Å². The van der Waals surface area contributed by atoms with Gasteiger partial charge in [0.05, 0.1) is 31.3 Å². The predicted molar refractivity (Wildman–Crippen MR) is 121 cm³/mol. The molecule has 0 N–H and O–H groups in total.